The van der Waals surface area contributed by atoms with Gasteiger partial charge in [-0.25, -0.2) is 0 Å². The molecule has 0 aliphatic carbocycles. The summed E-state index contributed by atoms with van der Waals surface area (Å²) in [6.07, 6.45) is 9.06. The van der Waals surface area contributed by atoms with Gasteiger partial charge in [-0.3, -0.25) is 29.4 Å². The average molecular weight is 756 g/mol. The fraction of sp³-hybridized carbons (Fsp3) is 0.512. The molecular weight excluding hydrogens is 699 g/mol. The van der Waals surface area contributed by atoms with Gasteiger partial charge in [0.15, 0.2) is 6.29 Å². The normalized spacial score (nSPS) is 22.9. The number of likely N-dealkylation sites (N-methyl/N-ethyl adjacent to an activating group) is 1. The number of rotatable bonds is 8. The minimum absolute atomic E-state index is 0.184. The standard InChI is InChI=1S/C22H34N6O.C19H23N3O4/c1-26-8-6-16(7-9-26)14-27-10-11-28-17(15-27)13-25-22(24)20(28)12-19(23)18-4-2-3-5-21(18)29;1-21(16-7-8-17(24)20-18(16)25)19(26)15-11-14(6-5-13(15)12-23)22-9-3-2-4-10-22/h2-5,12,16-17,25,29H,6-11,13-15,23-24H2,1H3;5-6,11-12,16H,2-4,7-10H2,1H3,(H,20,24,25)/b19-12-;. The number of nitrogens with one attached hydrogen (secondary N) is 2. The second-order valence-electron chi connectivity index (χ2n) is 15.5. The van der Waals surface area contributed by atoms with Crippen molar-refractivity contribution in [3.05, 3.63) is 76.7 Å². The number of fused-ring (bicyclic) bond motifs is 1. The molecule has 5 aliphatic rings. The van der Waals surface area contributed by atoms with Crippen molar-refractivity contribution in [2.45, 2.75) is 57.0 Å². The number of nitrogens with zero attached hydrogens (tertiary/aromatic N) is 5. The van der Waals surface area contributed by atoms with Gasteiger partial charge in [-0.05, 0) is 101 Å². The van der Waals surface area contributed by atoms with E-state index in [0.717, 1.165) is 69.4 Å². The highest BCUT2D eigenvalue weighted by molar-refractivity contribution is 6.06. The molecule has 0 saturated carbocycles. The van der Waals surface area contributed by atoms with Gasteiger partial charge in [0.2, 0.25) is 11.8 Å². The molecule has 2 aromatic carbocycles. The molecule has 0 aromatic heterocycles. The van der Waals surface area contributed by atoms with Crippen LogP contribution in [-0.4, -0.2) is 134 Å². The molecule has 3 amide bonds. The Morgan fingerprint density at radius 3 is 2.44 bits per heavy atom. The van der Waals surface area contributed by atoms with Crippen LogP contribution in [-0.2, 0) is 9.59 Å². The number of carbonyl (C=O) groups is 4. The zero-order valence-electron chi connectivity index (χ0n) is 32.2. The fourth-order valence-electron chi connectivity index (χ4n) is 8.33. The van der Waals surface area contributed by atoms with Crippen LogP contribution in [0.25, 0.3) is 5.70 Å². The van der Waals surface area contributed by atoms with Crippen LogP contribution in [0.2, 0.25) is 0 Å². The van der Waals surface area contributed by atoms with Gasteiger partial charge < -0.3 is 41.5 Å². The third kappa shape index (κ3) is 9.60. The molecule has 0 spiro atoms. The maximum atomic E-state index is 13.0. The second kappa shape index (κ2) is 18.0. The minimum Gasteiger partial charge on any atom is -0.507 e. The lowest BCUT2D eigenvalue weighted by Gasteiger charge is -2.47. The Balaban J connectivity index is 0.000000188. The van der Waals surface area contributed by atoms with E-state index in [2.05, 4.69) is 37.3 Å². The first-order valence-electron chi connectivity index (χ1n) is 19.6. The highest BCUT2D eigenvalue weighted by Crippen LogP contribution is 2.28. The number of hydrogen-bond acceptors (Lipinski definition) is 12. The molecule has 4 fully saturated rings. The predicted octanol–water partition coefficient (Wildman–Crippen LogP) is 2.12. The third-order valence-electron chi connectivity index (χ3n) is 11.7. The Hall–Kier alpha value is -5.08. The molecule has 2 unspecified atom stereocenters. The quantitative estimate of drug-likeness (QED) is 0.196. The molecule has 14 heteroatoms. The van der Waals surface area contributed by atoms with Crippen molar-refractivity contribution in [3.8, 4) is 5.75 Å². The number of phenolic OH excluding ortho intramolecular Hbond substituents is 1. The van der Waals surface area contributed by atoms with Crippen molar-refractivity contribution in [2.75, 3.05) is 77.9 Å². The number of piperazine rings is 1. The summed E-state index contributed by atoms with van der Waals surface area (Å²) in [5.41, 5.74) is 16.2. The molecule has 55 heavy (non-hydrogen) atoms. The van der Waals surface area contributed by atoms with Crippen molar-refractivity contribution in [3.63, 3.8) is 0 Å². The van der Waals surface area contributed by atoms with E-state index in [1.807, 2.05) is 24.3 Å². The highest BCUT2D eigenvalue weighted by Gasteiger charge is 2.35. The van der Waals surface area contributed by atoms with Gasteiger partial charge in [0.05, 0.1) is 17.3 Å². The zero-order valence-corrected chi connectivity index (χ0v) is 32.2. The van der Waals surface area contributed by atoms with Crippen LogP contribution in [0, 0.1) is 5.92 Å². The lowest BCUT2D eigenvalue weighted by molar-refractivity contribution is -0.136. The first-order valence-corrected chi connectivity index (χ1v) is 19.6. The van der Waals surface area contributed by atoms with E-state index in [9.17, 15) is 24.3 Å². The number of amides is 3. The van der Waals surface area contributed by atoms with Crippen LogP contribution in [0.1, 0.15) is 71.2 Å². The Morgan fingerprint density at radius 1 is 0.982 bits per heavy atom. The van der Waals surface area contributed by atoms with Crippen LogP contribution in [0.4, 0.5) is 5.69 Å². The largest absolute Gasteiger partial charge is 0.507 e. The van der Waals surface area contributed by atoms with Crippen molar-refractivity contribution in [1.29, 1.82) is 0 Å². The number of piperidine rings is 3. The number of nitrogens with two attached hydrogens (primary N) is 2. The lowest BCUT2D eigenvalue weighted by atomic mass is 9.95. The minimum atomic E-state index is -0.710. The van der Waals surface area contributed by atoms with Crippen LogP contribution in [0.3, 0.4) is 0 Å². The molecule has 2 aromatic rings. The molecular formula is C41H57N9O5. The number of likely N-dealkylation sites (tertiary alicyclic amines) is 1. The number of phenols is 1. The maximum absolute atomic E-state index is 13.0. The number of imide groups is 1. The second-order valence-corrected chi connectivity index (χ2v) is 15.5. The summed E-state index contributed by atoms with van der Waals surface area (Å²) in [7, 11) is 3.75. The molecule has 0 radical (unpaired) electrons. The first kappa shape index (κ1) is 39.6. The van der Waals surface area contributed by atoms with E-state index in [1.165, 1.54) is 50.8 Å². The van der Waals surface area contributed by atoms with Crippen molar-refractivity contribution >= 4 is 35.4 Å². The van der Waals surface area contributed by atoms with E-state index in [0.29, 0.717) is 35.0 Å². The van der Waals surface area contributed by atoms with E-state index >= 15 is 0 Å². The molecule has 296 valence electrons. The summed E-state index contributed by atoms with van der Waals surface area (Å²) in [6, 6.07) is 12.1. The molecule has 5 heterocycles. The van der Waals surface area contributed by atoms with Gasteiger partial charge in [0.1, 0.15) is 17.6 Å². The topological polar surface area (TPSA) is 181 Å². The number of benzene rings is 2. The van der Waals surface area contributed by atoms with Crippen LogP contribution >= 0.6 is 0 Å². The SMILES string of the molecule is CN(C(=O)c1cc(N2CCCCC2)ccc1C=O)C1CCC(=O)NC1=O.CN1CCC(CN2CCN3C(/C=C(\N)c4ccccc4O)=C(N)NCC3C2)CC1. The predicted molar refractivity (Wildman–Crippen MR) is 213 cm³/mol. The Labute approximate surface area is 324 Å². The van der Waals surface area contributed by atoms with E-state index in [-0.39, 0.29) is 36.0 Å². The number of aldehydes is 1. The number of carbonyl (C=O) groups excluding carboxylic acids is 4. The van der Waals surface area contributed by atoms with Crippen LogP contribution in [0.15, 0.2) is 60.1 Å². The number of para-hydroxylation sites is 1. The highest BCUT2D eigenvalue weighted by atomic mass is 16.3. The summed E-state index contributed by atoms with van der Waals surface area (Å²) < 4.78 is 0. The van der Waals surface area contributed by atoms with Gasteiger partial charge in [0, 0.05) is 81.8 Å². The van der Waals surface area contributed by atoms with Crippen molar-refractivity contribution < 1.29 is 24.3 Å². The molecule has 4 saturated heterocycles. The number of anilines is 1. The Bertz CT molecular complexity index is 1780. The van der Waals surface area contributed by atoms with Gasteiger partial charge in [-0.15, -0.1) is 0 Å². The number of aromatic hydroxyl groups is 1. The van der Waals surface area contributed by atoms with Gasteiger partial charge >= 0.3 is 0 Å². The third-order valence-corrected chi connectivity index (χ3v) is 11.7. The smallest absolute Gasteiger partial charge is 0.255 e. The monoisotopic (exact) mass is 755 g/mol. The van der Waals surface area contributed by atoms with E-state index in [4.69, 9.17) is 11.5 Å². The van der Waals surface area contributed by atoms with Crippen LogP contribution < -0.4 is 27.0 Å². The zero-order chi connectivity index (χ0) is 39.1. The summed E-state index contributed by atoms with van der Waals surface area (Å²) in [5.74, 6) is 0.461. The summed E-state index contributed by atoms with van der Waals surface area (Å²) >= 11 is 0. The molecule has 14 nitrogen and oxygen atoms in total. The first-order chi connectivity index (χ1) is 26.5. The maximum Gasteiger partial charge on any atom is 0.255 e. The van der Waals surface area contributed by atoms with E-state index in [1.54, 1.807) is 24.3 Å². The average Bonchev–Trinajstić information content (AvgIpc) is 3.20. The fourth-order valence-corrected chi connectivity index (χ4v) is 8.33. The lowest BCUT2D eigenvalue weighted by Crippen LogP contribution is -2.60. The summed E-state index contributed by atoms with van der Waals surface area (Å²) in [4.78, 5) is 58.7. The number of hydrogen-bond donors (Lipinski definition) is 5. The van der Waals surface area contributed by atoms with Crippen LogP contribution in [0.5, 0.6) is 5.75 Å². The molecule has 2 atom stereocenters. The van der Waals surface area contributed by atoms with Crippen molar-refractivity contribution in [2.24, 2.45) is 17.4 Å². The molecule has 5 aliphatic heterocycles. The Morgan fingerprint density at radius 2 is 1.73 bits per heavy atom. The molecule has 7 rings (SSSR count). The van der Waals surface area contributed by atoms with Gasteiger partial charge in [0.25, 0.3) is 5.91 Å². The number of allylic oxidation sites excluding steroid dienone is 1. The van der Waals surface area contributed by atoms with Gasteiger partial charge in [-0.1, -0.05) is 12.1 Å². The molecule has 7 N–H and O–H groups in total. The Kier molecular flexibility index (Phi) is 13.0. The summed E-state index contributed by atoms with van der Waals surface area (Å²) in [6.45, 7) is 9.37. The van der Waals surface area contributed by atoms with Gasteiger partial charge in [-0.2, -0.15) is 0 Å². The van der Waals surface area contributed by atoms with E-state index < -0.39 is 11.9 Å². The molecule has 0 bridgehead atoms. The summed E-state index contributed by atoms with van der Waals surface area (Å²) in [5, 5.41) is 15.7. The van der Waals surface area contributed by atoms with Crippen molar-refractivity contribution in [1.82, 2.24) is 30.2 Å².